The number of hydrogen-bond donors (Lipinski definition) is 3. The van der Waals surface area contributed by atoms with Crippen LogP contribution in [0.1, 0.15) is 43.9 Å². The van der Waals surface area contributed by atoms with Gasteiger partial charge in [0.25, 0.3) is 0 Å². The topological polar surface area (TPSA) is 125 Å². The number of aryl methyl sites for hydroxylation is 1. The number of rotatable bonds is 4. The third-order valence-electron chi connectivity index (χ3n) is 6.56. The highest BCUT2D eigenvalue weighted by Crippen LogP contribution is 2.44. The second-order valence-corrected chi connectivity index (χ2v) is 9.69. The molecule has 1 aromatic carbocycles. The van der Waals surface area contributed by atoms with Crippen molar-refractivity contribution < 1.29 is 31.4 Å². The summed E-state index contributed by atoms with van der Waals surface area (Å²) in [4.78, 5) is 12.8. The van der Waals surface area contributed by atoms with E-state index in [4.69, 9.17) is 15.2 Å². The summed E-state index contributed by atoms with van der Waals surface area (Å²) < 4.78 is 86.8. The van der Waals surface area contributed by atoms with Crippen molar-refractivity contribution in [2.24, 2.45) is 7.05 Å². The van der Waals surface area contributed by atoms with Crippen LogP contribution in [0.25, 0.3) is 22.2 Å². The average Bonchev–Trinajstić information content (AvgIpc) is 3.37. The van der Waals surface area contributed by atoms with E-state index in [-0.39, 0.29) is 29.7 Å². The van der Waals surface area contributed by atoms with E-state index < -0.39 is 57.5 Å². The minimum absolute atomic E-state index is 0.00773. The van der Waals surface area contributed by atoms with Crippen molar-refractivity contribution in [2.45, 2.75) is 53.0 Å². The fourth-order valence-corrected chi connectivity index (χ4v) is 4.59. The maximum absolute atomic E-state index is 16.3. The molecule has 0 amide bonds. The van der Waals surface area contributed by atoms with Crippen molar-refractivity contribution in [3.63, 3.8) is 0 Å². The van der Waals surface area contributed by atoms with Crippen molar-refractivity contribution in [1.82, 2.24) is 30.0 Å². The highest BCUT2D eigenvalue weighted by Gasteiger charge is 2.39. The molecule has 4 N–H and O–H groups in total. The first-order valence-electron chi connectivity index (χ1n) is 13.7. The summed E-state index contributed by atoms with van der Waals surface area (Å²) in [6.45, 7) is 8.15. The molecule has 0 saturated heterocycles. The molecule has 0 saturated carbocycles. The van der Waals surface area contributed by atoms with Crippen LogP contribution in [0.15, 0.2) is 18.5 Å². The fraction of sp³-hybridized carbons (Fsp3) is 0.429. The number of hydrogen-bond acceptors (Lipinski definition) is 9. The lowest BCUT2D eigenvalue weighted by Gasteiger charge is -2.21. The lowest BCUT2D eigenvalue weighted by atomic mass is 9.96. The Hall–Kier alpha value is -4.27. The monoisotopic (exact) mass is 608 g/mol. The Labute approximate surface area is 244 Å². The number of pyridine rings is 1. The van der Waals surface area contributed by atoms with Crippen LogP contribution < -0.4 is 25.8 Å². The summed E-state index contributed by atoms with van der Waals surface area (Å²) in [5, 5.41) is 10.4. The smallest absolute Gasteiger partial charge is 0.417 e. The molecular formula is C28H33F5N8O2. The normalized spacial score (nSPS) is 15.5. The molecule has 4 heterocycles. The number of nitrogens with one attached hydrogen (secondary N) is 2. The van der Waals surface area contributed by atoms with Gasteiger partial charge in [-0.3, -0.25) is 4.68 Å². The molecule has 5 rings (SSSR count). The minimum Gasteiger partial charge on any atom is -0.474 e. The molecule has 0 radical (unpaired) electrons. The van der Waals surface area contributed by atoms with Crippen LogP contribution in [0.4, 0.5) is 33.5 Å². The SMILES string of the molecule is CC.Cc1c(F)c(N)cc(-c2nc3c4c(nc(OCc5cnn(C)c5)nc4c2F)NCCNCCC(C)O3)c1C(F)(F)F. The van der Waals surface area contributed by atoms with Crippen molar-refractivity contribution in [2.75, 3.05) is 30.7 Å². The van der Waals surface area contributed by atoms with Gasteiger partial charge in [-0.25, -0.2) is 13.8 Å². The Balaban J connectivity index is 0.00000207. The van der Waals surface area contributed by atoms with Crippen LogP contribution in [0, 0.1) is 18.6 Å². The van der Waals surface area contributed by atoms with Crippen molar-refractivity contribution in [3.8, 4) is 23.1 Å². The number of nitrogens with two attached hydrogens (primary N) is 1. The van der Waals surface area contributed by atoms with E-state index in [1.54, 1.807) is 31.0 Å². The van der Waals surface area contributed by atoms with Gasteiger partial charge in [-0.2, -0.15) is 28.2 Å². The van der Waals surface area contributed by atoms with Gasteiger partial charge in [0.05, 0.1) is 23.6 Å². The van der Waals surface area contributed by atoms with Crippen LogP contribution in [0.3, 0.4) is 0 Å². The molecular weight excluding hydrogens is 575 g/mol. The van der Waals surface area contributed by atoms with Gasteiger partial charge >= 0.3 is 12.2 Å². The minimum atomic E-state index is -5.05. The first-order chi connectivity index (χ1) is 20.4. The van der Waals surface area contributed by atoms with Crippen LogP contribution in [-0.2, 0) is 19.8 Å². The molecule has 0 spiro atoms. The first kappa shape index (κ1) is 31.7. The second kappa shape index (κ2) is 12.9. The molecule has 15 heteroatoms. The maximum Gasteiger partial charge on any atom is 0.417 e. The van der Waals surface area contributed by atoms with Crippen LogP contribution in [0.2, 0.25) is 0 Å². The van der Waals surface area contributed by atoms with Gasteiger partial charge in [0.2, 0.25) is 5.88 Å². The van der Waals surface area contributed by atoms with Crippen molar-refractivity contribution in [1.29, 1.82) is 0 Å². The first-order valence-corrected chi connectivity index (χ1v) is 13.7. The predicted octanol–water partition coefficient (Wildman–Crippen LogP) is 5.39. The number of anilines is 2. The lowest BCUT2D eigenvalue weighted by Crippen LogP contribution is -2.26. The van der Waals surface area contributed by atoms with Gasteiger partial charge in [0, 0.05) is 37.5 Å². The third kappa shape index (κ3) is 6.71. The lowest BCUT2D eigenvalue weighted by molar-refractivity contribution is -0.137. The van der Waals surface area contributed by atoms with E-state index in [1.165, 1.54) is 0 Å². The van der Waals surface area contributed by atoms with Gasteiger partial charge in [-0.15, -0.1) is 0 Å². The summed E-state index contributed by atoms with van der Waals surface area (Å²) in [5.41, 5.74) is 1.70. The van der Waals surface area contributed by atoms with Crippen molar-refractivity contribution in [3.05, 3.63) is 46.8 Å². The number of aromatic nitrogens is 5. The predicted molar refractivity (Wildman–Crippen MR) is 152 cm³/mol. The van der Waals surface area contributed by atoms with E-state index in [1.807, 2.05) is 13.8 Å². The Kier molecular flexibility index (Phi) is 9.52. The Morgan fingerprint density at radius 1 is 1.12 bits per heavy atom. The number of benzene rings is 1. The molecule has 0 bridgehead atoms. The molecule has 1 aliphatic heterocycles. The number of ether oxygens (including phenoxy) is 2. The highest BCUT2D eigenvalue weighted by atomic mass is 19.4. The van der Waals surface area contributed by atoms with E-state index in [2.05, 4.69) is 30.7 Å². The maximum atomic E-state index is 16.3. The Bertz CT molecular complexity index is 1610. The highest BCUT2D eigenvalue weighted by molar-refractivity contribution is 5.96. The molecule has 1 aliphatic rings. The standard InChI is InChI=1S/C26H27F5N8O2.C2H6/c1-12-4-5-33-6-7-34-23-17-22(37-25(38-23)40-11-14-9-35-39(3)10-14)20(28)21(36-24(17)41-12)15-8-16(32)19(27)13(2)18(15)26(29,30)31;1-2/h8-10,12,33H,4-7,11,32H2,1-3H3,(H,34,37,38);1-2H3. The third-order valence-corrected chi connectivity index (χ3v) is 6.56. The average molecular weight is 609 g/mol. The van der Waals surface area contributed by atoms with Crippen LogP contribution in [-0.4, -0.2) is 50.5 Å². The zero-order chi connectivity index (χ0) is 31.5. The van der Waals surface area contributed by atoms with E-state index in [9.17, 15) is 17.6 Å². The number of alkyl halides is 3. The van der Waals surface area contributed by atoms with E-state index in [0.29, 0.717) is 37.7 Å². The molecule has 10 nitrogen and oxygen atoms in total. The van der Waals surface area contributed by atoms with Crippen LogP contribution in [0.5, 0.6) is 11.9 Å². The Morgan fingerprint density at radius 3 is 2.53 bits per heavy atom. The molecule has 4 aromatic rings. The Morgan fingerprint density at radius 2 is 1.86 bits per heavy atom. The summed E-state index contributed by atoms with van der Waals surface area (Å²) in [7, 11) is 1.73. The quantitative estimate of drug-likeness (QED) is 0.207. The molecule has 0 aliphatic carbocycles. The van der Waals surface area contributed by atoms with Gasteiger partial charge < -0.3 is 25.8 Å². The summed E-state index contributed by atoms with van der Waals surface area (Å²) in [5.74, 6) is -2.54. The van der Waals surface area contributed by atoms with Gasteiger partial charge in [-0.05, 0) is 38.4 Å². The van der Waals surface area contributed by atoms with Crippen LogP contribution >= 0.6 is 0 Å². The summed E-state index contributed by atoms with van der Waals surface area (Å²) >= 11 is 0. The molecule has 3 aromatic heterocycles. The number of halogens is 5. The number of nitrogen functional groups attached to an aromatic ring is 1. The molecule has 43 heavy (non-hydrogen) atoms. The zero-order valence-electron chi connectivity index (χ0n) is 24.4. The van der Waals surface area contributed by atoms with Crippen molar-refractivity contribution >= 4 is 22.4 Å². The second-order valence-electron chi connectivity index (χ2n) is 9.69. The number of nitrogens with zero attached hydrogens (tertiary/aromatic N) is 5. The summed E-state index contributed by atoms with van der Waals surface area (Å²) in [6, 6.07) is 0.473. The van der Waals surface area contributed by atoms with Gasteiger partial charge in [0.1, 0.15) is 34.8 Å². The summed E-state index contributed by atoms with van der Waals surface area (Å²) in [6.07, 6.45) is -1.72. The largest absolute Gasteiger partial charge is 0.474 e. The van der Waals surface area contributed by atoms with E-state index >= 15 is 4.39 Å². The zero-order valence-corrected chi connectivity index (χ0v) is 24.4. The van der Waals surface area contributed by atoms with E-state index in [0.717, 1.165) is 6.92 Å². The van der Waals surface area contributed by atoms with Gasteiger partial charge in [0.15, 0.2) is 5.82 Å². The molecule has 232 valence electrons. The van der Waals surface area contributed by atoms with Gasteiger partial charge in [-0.1, -0.05) is 13.8 Å². The fourth-order valence-electron chi connectivity index (χ4n) is 4.59. The molecule has 1 unspecified atom stereocenters. The molecule has 1 atom stereocenters. The molecule has 0 fully saturated rings.